The molecule has 4 bridgehead atoms. The van der Waals surface area contributed by atoms with Crippen LogP contribution < -0.4 is 5.32 Å². The fourth-order valence-electron chi connectivity index (χ4n) is 3.28. The first-order valence-corrected chi connectivity index (χ1v) is 5.44. The van der Waals surface area contributed by atoms with Gasteiger partial charge in [-0.3, -0.25) is 10.2 Å². The van der Waals surface area contributed by atoms with Crippen molar-refractivity contribution in [3.8, 4) is 0 Å². The van der Waals surface area contributed by atoms with E-state index in [0.717, 1.165) is 12.8 Å². The van der Waals surface area contributed by atoms with Gasteiger partial charge in [0, 0.05) is 12.5 Å². The topological polar surface area (TPSA) is 61.8 Å². The maximum absolute atomic E-state index is 11.8. The van der Waals surface area contributed by atoms with Crippen molar-refractivity contribution in [1.29, 1.82) is 0 Å². The molecule has 0 aromatic carbocycles. The summed E-state index contributed by atoms with van der Waals surface area (Å²) in [5.74, 6) is 0. The molecule has 0 aromatic heterocycles. The fraction of sp³-hybridized carbons (Fsp3) is 0.900. The average Bonchev–Trinajstić information content (AvgIpc) is 2.51. The third-order valence-corrected chi connectivity index (χ3v) is 3.67. The molecule has 0 radical (unpaired) electrons. The van der Waals surface area contributed by atoms with Crippen molar-refractivity contribution < 1.29 is 14.6 Å². The molecule has 3 heterocycles. The van der Waals surface area contributed by atoms with Crippen LogP contribution in [0.15, 0.2) is 0 Å². The Kier molecular flexibility index (Phi) is 1.55. The van der Waals surface area contributed by atoms with Gasteiger partial charge in [0.2, 0.25) is 0 Å². The zero-order chi connectivity index (χ0) is 10.8. The summed E-state index contributed by atoms with van der Waals surface area (Å²) in [6.07, 6.45) is 2.16. The quantitative estimate of drug-likeness (QED) is 0.609. The molecule has 3 rings (SSSR count). The second-order valence-corrected chi connectivity index (χ2v) is 5.29. The van der Waals surface area contributed by atoms with Crippen LogP contribution in [0.5, 0.6) is 0 Å². The van der Waals surface area contributed by atoms with Crippen LogP contribution in [0.2, 0.25) is 0 Å². The molecule has 0 aromatic rings. The number of rotatable bonds is 0. The number of ether oxygens (including phenoxy) is 1. The third kappa shape index (κ3) is 1.13. The Bertz CT molecular complexity index is 331. The van der Waals surface area contributed by atoms with Gasteiger partial charge in [-0.05, 0) is 26.7 Å². The first-order valence-electron chi connectivity index (χ1n) is 5.44. The van der Waals surface area contributed by atoms with Gasteiger partial charge in [-0.25, -0.2) is 4.79 Å². The molecule has 0 aliphatic carbocycles. The number of aliphatic hydroxyl groups is 1. The van der Waals surface area contributed by atoms with Gasteiger partial charge < -0.3 is 9.84 Å². The molecule has 3 saturated heterocycles. The second kappa shape index (κ2) is 2.47. The minimum Gasteiger partial charge on any atom is -0.428 e. The first-order chi connectivity index (χ1) is 6.91. The highest BCUT2D eigenvalue weighted by molar-refractivity contribution is 5.71. The Balaban J connectivity index is 2.02. The maximum Gasteiger partial charge on any atom is 0.412 e. The predicted octanol–water partition coefficient (Wildman–Crippen LogP) is 0.388. The van der Waals surface area contributed by atoms with Crippen LogP contribution in [-0.4, -0.2) is 39.6 Å². The van der Waals surface area contributed by atoms with Crippen LogP contribution >= 0.6 is 0 Å². The summed E-state index contributed by atoms with van der Waals surface area (Å²) >= 11 is 0. The van der Waals surface area contributed by atoms with Gasteiger partial charge in [0.15, 0.2) is 5.72 Å². The molecule has 15 heavy (non-hydrogen) atoms. The van der Waals surface area contributed by atoms with Crippen LogP contribution in [0, 0.1) is 0 Å². The molecule has 3 aliphatic heterocycles. The van der Waals surface area contributed by atoms with E-state index in [0.29, 0.717) is 6.42 Å². The number of amides is 1. The highest BCUT2D eigenvalue weighted by atomic mass is 16.6. The minimum atomic E-state index is -0.960. The van der Waals surface area contributed by atoms with Crippen LogP contribution in [-0.2, 0) is 4.74 Å². The van der Waals surface area contributed by atoms with Crippen molar-refractivity contribution in [1.82, 2.24) is 10.2 Å². The van der Waals surface area contributed by atoms with E-state index in [1.807, 2.05) is 0 Å². The summed E-state index contributed by atoms with van der Waals surface area (Å²) in [4.78, 5) is 13.6. The highest BCUT2D eigenvalue weighted by Gasteiger charge is 2.61. The molecular formula is C10H16N2O3. The Morgan fingerprint density at radius 1 is 1.53 bits per heavy atom. The van der Waals surface area contributed by atoms with Crippen LogP contribution in [0.3, 0.4) is 0 Å². The molecule has 3 aliphatic rings. The Morgan fingerprint density at radius 2 is 2.27 bits per heavy atom. The molecule has 84 valence electrons. The minimum absolute atomic E-state index is 0.114. The summed E-state index contributed by atoms with van der Waals surface area (Å²) in [5.41, 5.74) is -1.75. The van der Waals surface area contributed by atoms with Crippen LogP contribution in [0.25, 0.3) is 0 Å². The Labute approximate surface area is 88.4 Å². The lowest BCUT2D eigenvalue weighted by Gasteiger charge is -2.37. The van der Waals surface area contributed by atoms with Crippen LogP contribution in [0.4, 0.5) is 4.79 Å². The van der Waals surface area contributed by atoms with Crippen molar-refractivity contribution in [3.63, 3.8) is 0 Å². The summed E-state index contributed by atoms with van der Waals surface area (Å²) in [7, 11) is 0. The van der Waals surface area contributed by atoms with Gasteiger partial charge in [-0.1, -0.05) is 0 Å². The number of carbonyl (C=O) groups is 1. The van der Waals surface area contributed by atoms with E-state index in [4.69, 9.17) is 4.74 Å². The lowest BCUT2D eigenvalue weighted by molar-refractivity contribution is -0.0877. The molecule has 3 unspecified atom stereocenters. The lowest BCUT2D eigenvalue weighted by atomic mass is 9.91. The van der Waals surface area contributed by atoms with Gasteiger partial charge in [-0.15, -0.1) is 0 Å². The van der Waals surface area contributed by atoms with Gasteiger partial charge >= 0.3 is 6.09 Å². The van der Waals surface area contributed by atoms with Crippen molar-refractivity contribution in [2.45, 2.75) is 56.6 Å². The fourth-order valence-corrected chi connectivity index (χ4v) is 3.28. The molecule has 1 amide bonds. The normalized spacial score (nSPS) is 46.6. The summed E-state index contributed by atoms with van der Waals surface area (Å²) in [6, 6.07) is 0.0351. The summed E-state index contributed by atoms with van der Waals surface area (Å²) < 4.78 is 5.29. The number of hydrogen-bond acceptors (Lipinski definition) is 4. The number of carbonyl (C=O) groups excluding carboxylic acids is 1. The molecule has 3 fully saturated rings. The van der Waals surface area contributed by atoms with E-state index in [2.05, 4.69) is 5.32 Å². The molecule has 2 N–H and O–H groups in total. The second-order valence-electron chi connectivity index (χ2n) is 5.29. The van der Waals surface area contributed by atoms with E-state index in [1.165, 1.54) is 0 Å². The van der Waals surface area contributed by atoms with Crippen LogP contribution in [0.1, 0.15) is 33.1 Å². The van der Waals surface area contributed by atoms with Crippen molar-refractivity contribution >= 4 is 6.09 Å². The molecule has 0 saturated carbocycles. The molecule has 0 spiro atoms. The van der Waals surface area contributed by atoms with Crippen molar-refractivity contribution in [2.24, 2.45) is 0 Å². The number of cyclic esters (lactones) is 1. The average molecular weight is 212 g/mol. The monoisotopic (exact) mass is 212 g/mol. The van der Waals surface area contributed by atoms with E-state index in [9.17, 15) is 9.90 Å². The van der Waals surface area contributed by atoms with Gasteiger partial charge in [0.25, 0.3) is 0 Å². The molecular weight excluding hydrogens is 196 g/mol. The maximum atomic E-state index is 11.8. The lowest BCUT2D eigenvalue weighted by Crippen LogP contribution is -2.60. The zero-order valence-corrected chi connectivity index (χ0v) is 8.99. The molecule has 5 heteroatoms. The third-order valence-electron chi connectivity index (χ3n) is 3.67. The SMILES string of the molecule is CC1(C)NC2(O)CC3CCC2N3C(=O)O1. The highest BCUT2D eigenvalue weighted by Crippen LogP contribution is 2.46. The van der Waals surface area contributed by atoms with Gasteiger partial charge in [0.1, 0.15) is 5.72 Å². The first kappa shape index (κ1) is 9.42. The number of hydrogen-bond donors (Lipinski definition) is 2. The number of nitrogens with one attached hydrogen (secondary N) is 1. The standard InChI is InChI=1S/C10H16N2O3/c1-9(2)11-10(14)5-6-3-4-7(10)12(6)8(13)15-9/h6-7,11,14H,3-5H2,1-2H3. The molecule has 5 nitrogen and oxygen atoms in total. The van der Waals surface area contributed by atoms with E-state index >= 15 is 0 Å². The van der Waals surface area contributed by atoms with Gasteiger partial charge in [-0.2, -0.15) is 0 Å². The smallest absolute Gasteiger partial charge is 0.412 e. The van der Waals surface area contributed by atoms with Crippen molar-refractivity contribution in [3.05, 3.63) is 0 Å². The number of nitrogens with zero attached hydrogens (tertiary/aromatic N) is 1. The summed E-state index contributed by atoms with van der Waals surface area (Å²) in [5, 5.41) is 13.5. The van der Waals surface area contributed by atoms with Gasteiger partial charge in [0.05, 0.1) is 6.04 Å². The van der Waals surface area contributed by atoms with E-state index < -0.39 is 11.4 Å². The summed E-state index contributed by atoms with van der Waals surface area (Å²) in [6.45, 7) is 3.52. The van der Waals surface area contributed by atoms with E-state index in [1.54, 1.807) is 18.7 Å². The van der Waals surface area contributed by atoms with Crippen molar-refractivity contribution in [2.75, 3.05) is 0 Å². The predicted molar refractivity (Wildman–Crippen MR) is 51.9 cm³/mol. The Morgan fingerprint density at radius 3 is 3.00 bits per heavy atom. The van der Waals surface area contributed by atoms with E-state index in [-0.39, 0.29) is 18.2 Å². The molecule has 3 atom stereocenters. The zero-order valence-electron chi connectivity index (χ0n) is 8.99. The Hall–Kier alpha value is -0.810. The largest absolute Gasteiger partial charge is 0.428 e.